The van der Waals surface area contributed by atoms with Crippen molar-refractivity contribution in [3.05, 3.63) is 48.6 Å². The molecule has 13 nitrogen and oxygen atoms in total. The van der Waals surface area contributed by atoms with Crippen molar-refractivity contribution in [1.82, 2.24) is 0 Å². The molecule has 698 valence electrons. The van der Waals surface area contributed by atoms with Crippen molar-refractivity contribution in [2.75, 3.05) is 19.8 Å². The minimum Gasteiger partial charge on any atom is -0.465 e. The molecule has 0 radical (unpaired) electrons. The summed E-state index contributed by atoms with van der Waals surface area (Å²) in [5, 5.41) is 0. The van der Waals surface area contributed by atoms with Gasteiger partial charge in [0.05, 0.1) is 49.8 Å². The number of hydrogen-bond acceptors (Lipinski definition) is 13. The van der Waals surface area contributed by atoms with Gasteiger partial charge in [0.15, 0.2) is 0 Å². The Bertz CT molecular complexity index is 2390. The normalized spacial score (nSPS) is 16.6. The van der Waals surface area contributed by atoms with Crippen molar-refractivity contribution >= 4 is 47.0 Å². The SMILES string of the molecule is CC(=O)CCCCCC/C=C/CC1CC(C)OC1=O.CC(=O)CCCCCC/C=C/CC1CC(C)OC1=O.CCCCC(CC)CC.CCCCC(CC)CC.CCCCC(CC)COC(=O)CC(C/C=C/CCCCCCC(C)=O)C(C)OCC(CC)CCCC.CCCCC(CC)COC(=O)CC(CC)C/C=C/CCCCCCC(C)=O. The molecule has 0 amide bonds. The summed E-state index contributed by atoms with van der Waals surface area (Å²) in [7, 11) is 0. The van der Waals surface area contributed by atoms with Crippen LogP contribution in [0.2, 0.25) is 0 Å². The summed E-state index contributed by atoms with van der Waals surface area (Å²) in [6.07, 6.45) is 78.0. The monoisotopic (exact) mass is 1680 g/mol. The number of unbranched alkanes of at least 4 members (excludes halogenated alkanes) is 21. The Kier molecular flexibility index (Phi) is 91.1. The second-order valence-corrected chi connectivity index (χ2v) is 35.6. The average molecular weight is 1680 g/mol. The van der Waals surface area contributed by atoms with Crippen LogP contribution in [0.4, 0.5) is 0 Å². The van der Waals surface area contributed by atoms with E-state index < -0.39 is 0 Å². The van der Waals surface area contributed by atoms with Crippen LogP contribution in [0.1, 0.15) is 492 Å². The first-order valence-electron chi connectivity index (χ1n) is 50.2. The Morgan fingerprint density at radius 3 is 0.899 bits per heavy atom. The molecule has 0 saturated carbocycles. The zero-order chi connectivity index (χ0) is 89.8. The molecule has 0 aromatic carbocycles. The van der Waals surface area contributed by atoms with Gasteiger partial charge in [-0.25, -0.2) is 0 Å². The highest BCUT2D eigenvalue weighted by Gasteiger charge is 2.32. The molecule has 10 unspecified atom stereocenters. The molecule has 119 heavy (non-hydrogen) atoms. The molecule has 0 spiro atoms. The van der Waals surface area contributed by atoms with Crippen LogP contribution in [0.25, 0.3) is 0 Å². The quantitative estimate of drug-likeness (QED) is 0.0243. The highest BCUT2D eigenvalue weighted by molar-refractivity contribution is 5.77. The molecular formula is C106H196O13. The topological polar surface area (TPSA) is 183 Å². The Balaban J connectivity index is -0.000000707. The number of ether oxygens (including phenoxy) is 5. The summed E-state index contributed by atoms with van der Waals surface area (Å²) in [6, 6.07) is 0. The van der Waals surface area contributed by atoms with E-state index in [4.69, 9.17) is 23.7 Å². The summed E-state index contributed by atoms with van der Waals surface area (Å²) in [5.41, 5.74) is 0. The van der Waals surface area contributed by atoms with Crippen LogP contribution in [0.15, 0.2) is 48.6 Å². The van der Waals surface area contributed by atoms with Crippen molar-refractivity contribution in [3.8, 4) is 0 Å². The molecule has 2 heterocycles. The van der Waals surface area contributed by atoms with Gasteiger partial charge in [-0.1, -0.05) is 318 Å². The van der Waals surface area contributed by atoms with E-state index in [1.165, 1.54) is 154 Å². The minimum absolute atomic E-state index is 0.0318. The van der Waals surface area contributed by atoms with Crippen LogP contribution in [-0.2, 0) is 62.0 Å². The molecule has 2 fully saturated rings. The molecule has 0 aromatic heterocycles. The van der Waals surface area contributed by atoms with Gasteiger partial charge in [0.1, 0.15) is 23.1 Å². The van der Waals surface area contributed by atoms with Gasteiger partial charge in [-0.05, 0) is 225 Å². The fourth-order valence-corrected chi connectivity index (χ4v) is 14.9. The van der Waals surface area contributed by atoms with Gasteiger partial charge in [0.25, 0.3) is 0 Å². The van der Waals surface area contributed by atoms with E-state index in [2.05, 4.69) is 146 Å². The number of allylic oxidation sites excluding steroid dienone is 8. The molecule has 2 aliphatic rings. The number of rotatable bonds is 71. The van der Waals surface area contributed by atoms with Crippen LogP contribution in [0, 0.1) is 53.3 Å². The molecule has 0 N–H and O–H groups in total. The van der Waals surface area contributed by atoms with E-state index in [0.717, 1.165) is 198 Å². The fraction of sp³-hybridized carbons (Fsp3) is 0.849. The molecule has 0 bridgehead atoms. The average Bonchev–Trinajstić information content (AvgIpc) is 1.78. The number of cyclic esters (lactones) is 2. The van der Waals surface area contributed by atoms with Crippen LogP contribution in [0.3, 0.4) is 0 Å². The minimum atomic E-state index is -0.0812. The van der Waals surface area contributed by atoms with E-state index in [9.17, 15) is 38.4 Å². The lowest BCUT2D eigenvalue weighted by molar-refractivity contribution is -0.148. The maximum absolute atomic E-state index is 12.7. The number of carbonyl (C=O) groups excluding carboxylic acids is 8. The Morgan fingerprint density at radius 2 is 0.613 bits per heavy atom. The van der Waals surface area contributed by atoms with Gasteiger partial charge in [-0.3, -0.25) is 19.2 Å². The number of carbonyl (C=O) groups is 8. The number of esters is 4. The molecular weight excluding hydrogens is 1480 g/mol. The summed E-state index contributed by atoms with van der Waals surface area (Å²) in [4.78, 5) is 91.1. The first-order chi connectivity index (χ1) is 57.3. The third-order valence-electron chi connectivity index (χ3n) is 24.1. The van der Waals surface area contributed by atoms with Crippen molar-refractivity contribution in [2.24, 2.45) is 53.3 Å². The van der Waals surface area contributed by atoms with Gasteiger partial charge in [0.2, 0.25) is 0 Å². The standard InChI is InChI=1S/C32H60O4.C24H44O3.2C16H26O3.2C9H20/c1-7-11-21-29(9-3)25-35-28(6)31(23-19-17-15-13-14-16-18-20-27(5)33)24-32(34)36-26-30(10-4)22-12-8-2;1-5-8-17-23(7-3)20-27-24(26)19-22(6-2)18-15-13-11-9-10-12-14-16-21(4)25;2*1-13(17)10-8-6-4-3-5-7-9-11-15-12-14(2)19-16(15)18;2*1-4-7-8-9(5-2)6-3/h17,19,28-31H,7-16,18,20-26H2,1-6H3;13,15,22-23H,5-12,14,16-20H2,1-4H3;2*7,9,14-15H,3-6,8,10-12H2,1-2H3;2*9H,4-8H2,1-3H3/b19-17+;15-13+;2*9-7+;;. The van der Waals surface area contributed by atoms with E-state index >= 15 is 0 Å². The lowest BCUT2D eigenvalue weighted by Crippen LogP contribution is -2.27. The largest absolute Gasteiger partial charge is 0.465 e. The zero-order valence-corrected chi connectivity index (χ0v) is 81.9. The van der Waals surface area contributed by atoms with E-state index in [-0.39, 0.29) is 77.3 Å². The Hall–Kier alpha value is -4.52. The van der Waals surface area contributed by atoms with E-state index in [0.29, 0.717) is 61.9 Å². The van der Waals surface area contributed by atoms with Gasteiger partial charge in [0, 0.05) is 38.7 Å². The Labute approximate surface area is 736 Å². The molecule has 2 rings (SSSR count). The van der Waals surface area contributed by atoms with Gasteiger partial charge in [-0.2, -0.15) is 0 Å². The lowest BCUT2D eigenvalue weighted by Gasteiger charge is -2.25. The van der Waals surface area contributed by atoms with Crippen molar-refractivity contribution in [3.63, 3.8) is 0 Å². The van der Waals surface area contributed by atoms with E-state index in [1.54, 1.807) is 27.7 Å². The first-order valence-corrected chi connectivity index (χ1v) is 50.2. The maximum atomic E-state index is 12.7. The molecule has 2 saturated heterocycles. The van der Waals surface area contributed by atoms with Crippen LogP contribution in [-0.4, -0.2) is 85.1 Å². The third-order valence-corrected chi connectivity index (χ3v) is 24.1. The summed E-state index contributed by atoms with van der Waals surface area (Å²) in [5.74, 6) is 5.24. The van der Waals surface area contributed by atoms with Crippen LogP contribution < -0.4 is 0 Å². The molecule has 2 aliphatic heterocycles. The second-order valence-electron chi connectivity index (χ2n) is 35.6. The molecule has 13 heteroatoms. The summed E-state index contributed by atoms with van der Waals surface area (Å²) < 4.78 is 27.8. The predicted octanol–water partition coefficient (Wildman–Crippen LogP) is 31.1. The van der Waals surface area contributed by atoms with E-state index in [1.807, 2.05) is 13.8 Å². The smallest absolute Gasteiger partial charge is 0.309 e. The third kappa shape index (κ3) is 82.8. The van der Waals surface area contributed by atoms with Gasteiger partial charge >= 0.3 is 23.9 Å². The first kappa shape index (κ1) is 121. The highest BCUT2D eigenvalue weighted by Crippen LogP contribution is 2.28. The second kappa shape index (κ2) is 89.7. The fourth-order valence-electron chi connectivity index (χ4n) is 14.9. The van der Waals surface area contributed by atoms with Crippen LogP contribution >= 0.6 is 0 Å². The maximum Gasteiger partial charge on any atom is 0.309 e. The number of hydrogen-bond donors (Lipinski definition) is 0. The molecule has 0 aromatic rings. The highest BCUT2D eigenvalue weighted by atomic mass is 16.6. The summed E-state index contributed by atoms with van der Waals surface area (Å²) >= 11 is 0. The van der Waals surface area contributed by atoms with Crippen molar-refractivity contribution in [1.29, 1.82) is 0 Å². The van der Waals surface area contributed by atoms with Crippen LogP contribution in [0.5, 0.6) is 0 Å². The lowest BCUT2D eigenvalue weighted by atomic mass is 9.94. The molecule has 0 aliphatic carbocycles. The van der Waals surface area contributed by atoms with Gasteiger partial charge in [-0.15, -0.1) is 0 Å². The summed E-state index contributed by atoms with van der Waals surface area (Å²) in [6.45, 7) is 43.7. The van der Waals surface area contributed by atoms with Crippen molar-refractivity contribution in [2.45, 2.75) is 510 Å². The van der Waals surface area contributed by atoms with Gasteiger partial charge < -0.3 is 42.9 Å². The number of ketones is 4. The number of Topliss-reactive ketones (excluding diaryl/α,β-unsaturated/α-hetero) is 4. The van der Waals surface area contributed by atoms with Crippen molar-refractivity contribution < 1.29 is 62.0 Å². The predicted molar refractivity (Wildman–Crippen MR) is 507 cm³/mol. The zero-order valence-electron chi connectivity index (χ0n) is 81.9. The molecule has 10 atom stereocenters. The Morgan fingerprint density at radius 1 is 0.336 bits per heavy atom.